The van der Waals surface area contributed by atoms with Gasteiger partial charge in [-0.2, -0.15) is 0 Å². The van der Waals surface area contributed by atoms with Crippen LogP contribution in [0.15, 0.2) is 30.3 Å². The number of nitrogens with one attached hydrogen (secondary N) is 1. The van der Waals surface area contributed by atoms with Gasteiger partial charge in [0.15, 0.2) is 0 Å². The lowest BCUT2D eigenvalue weighted by Crippen LogP contribution is -2.34. The zero-order valence-corrected chi connectivity index (χ0v) is 9.77. The van der Waals surface area contributed by atoms with Gasteiger partial charge < -0.3 is 10.4 Å². The minimum absolute atomic E-state index is 0.410. The molecule has 1 rings (SSSR count). The Hall–Kier alpha value is -0.860. The van der Waals surface area contributed by atoms with Crippen LogP contribution < -0.4 is 5.32 Å². The molecule has 0 fully saturated rings. The Morgan fingerprint density at radius 3 is 2.27 bits per heavy atom. The monoisotopic (exact) mass is 207 g/mol. The summed E-state index contributed by atoms with van der Waals surface area (Å²) in [6.45, 7) is 7.10. The molecule has 2 nitrogen and oxygen atoms in total. The molecule has 0 spiro atoms. The summed E-state index contributed by atoms with van der Waals surface area (Å²) < 4.78 is 0. The van der Waals surface area contributed by atoms with Crippen molar-refractivity contribution in [1.29, 1.82) is 0 Å². The van der Waals surface area contributed by atoms with E-state index in [4.69, 9.17) is 0 Å². The Kier molecular flexibility index (Phi) is 4.79. The second-order valence-electron chi connectivity index (χ2n) is 4.37. The molecule has 2 N–H and O–H groups in total. The molecule has 1 aromatic carbocycles. The first kappa shape index (κ1) is 12.2. The van der Waals surface area contributed by atoms with Gasteiger partial charge in [0.05, 0.1) is 6.10 Å². The fraction of sp³-hybridized carbons (Fsp3) is 0.538. The fourth-order valence-electron chi connectivity index (χ4n) is 1.33. The van der Waals surface area contributed by atoms with E-state index in [0.29, 0.717) is 18.5 Å². The number of benzene rings is 1. The molecule has 0 radical (unpaired) electrons. The smallest absolute Gasteiger partial charge is 0.0914 e. The maximum atomic E-state index is 9.89. The first-order valence-corrected chi connectivity index (χ1v) is 5.57. The van der Waals surface area contributed by atoms with Crippen molar-refractivity contribution in [2.75, 3.05) is 6.54 Å². The van der Waals surface area contributed by atoms with Crippen LogP contribution in [0.3, 0.4) is 0 Å². The number of aliphatic hydroxyl groups is 1. The van der Waals surface area contributed by atoms with Crippen molar-refractivity contribution in [2.45, 2.75) is 32.9 Å². The second-order valence-corrected chi connectivity index (χ2v) is 4.37. The molecule has 15 heavy (non-hydrogen) atoms. The molecule has 0 saturated carbocycles. The van der Waals surface area contributed by atoms with Crippen LogP contribution in [-0.4, -0.2) is 17.7 Å². The van der Waals surface area contributed by atoms with E-state index in [9.17, 15) is 5.11 Å². The standard InChI is InChI=1S/C13H21NO/c1-10(2)11(3)14-9-13(15)12-7-5-4-6-8-12/h4-8,10-11,13-15H,9H2,1-3H3. The normalized spacial score (nSPS) is 15.3. The number of hydrogen-bond acceptors (Lipinski definition) is 2. The summed E-state index contributed by atoms with van der Waals surface area (Å²) in [5, 5.41) is 13.2. The lowest BCUT2D eigenvalue weighted by Gasteiger charge is -2.20. The summed E-state index contributed by atoms with van der Waals surface area (Å²) in [6, 6.07) is 10.2. The van der Waals surface area contributed by atoms with Crippen LogP contribution in [0.5, 0.6) is 0 Å². The summed E-state index contributed by atoms with van der Waals surface area (Å²) in [6.07, 6.45) is -0.410. The van der Waals surface area contributed by atoms with E-state index < -0.39 is 6.10 Å². The summed E-state index contributed by atoms with van der Waals surface area (Å²) in [4.78, 5) is 0. The SMILES string of the molecule is CC(C)C(C)NCC(O)c1ccccc1. The van der Waals surface area contributed by atoms with Crippen molar-refractivity contribution < 1.29 is 5.11 Å². The van der Waals surface area contributed by atoms with Crippen LogP contribution in [-0.2, 0) is 0 Å². The molecule has 1 aromatic rings. The Bertz CT molecular complexity index is 271. The van der Waals surface area contributed by atoms with Gasteiger partial charge in [0, 0.05) is 12.6 Å². The topological polar surface area (TPSA) is 32.3 Å². The maximum Gasteiger partial charge on any atom is 0.0914 e. The Balaban J connectivity index is 2.40. The van der Waals surface area contributed by atoms with Gasteiger partial charge in [-0.1, -0.05) is 44.2 Å². The second kappa shape index (κ2) is 5.89. The third kappa shape index (κ3) is 4.02. The van der Waals surface area contributed by atoms with Gasteiger partial charge in [-0.05, 0) is 18.4 Å². The lowest BCUT2D eigenvalue weighted by atomic mass is 10.1. The molecule has 0 aliphatic carbocycles. The molecule has 0 amide bonds. The largest absolute Gasteiger partial charge is 0.387 e. The van der Waals surface area contributed by atoms with Gasteiger partial charge in [0.1, 0.15) is 0 Å². The van der Waals surface area contributed by atoms with Crippen molar-refractivity contribution in [3.05, 3.63) is 35.9 Å². The highest BCUT2D eigenvalue weighted by atomic mass is 16.3. The number of hydrogen-bond donors (Lipinski definition) is 2. The molecule has 2 atom stereocenters. The number of aliphatic hydroxyl groups excluding tert-OH is 1. The van der Waals surface area contributed by atoms with Crippen molar-refractivity contribution in [2.24, 2.45) is 5.92 Å². The average Bonchev–Trinajstić information content (AvgIpc) is 2.26. The van der Waals surface area contributed by atoms with Gasteiger partial charge in [0.25, 0.3) is 0 Å². The number of rotatable bonds is 5. The zero-order chi connectivity index (χ0) is 11.3. The maximum absolute atomic E-state index is 9.89. The molecule has 84 valence electrons. The van der Waals surface area contributed by atoms with Crippen molar-refractivity contribution in [3.63, 3.8) is 0 Å². The van der Waals surface area contributed by atoms with Crippen molar-refractivity contribution >= 4 is 0 Å². The summed E-state index contributed by atoms with van der Waals surface area (Å²) in [5.41, 5.74) is 0.973. The first-order valence-electron chi connectivity index (χ1n) is 5.57. The predicted molar refractivity (Wildman–Crippen MR) is 63.7 cm³/mol. The van der Waals surface area contributed by atoms with Crippen molar-refractivity contribution in [1.82, 2.24) is 5.32 Å². The fourth-order valence-corrected chi connectivity index (χ4v) is 1.33. The molecule has 0 aliphatic rings. The van der Waals surface area contributed by atoms with Gasteiger partial charge in [-0.3, -0.25) is 0 Å². The Morgan fingerprint density at radius 1 is 1.13 bits per heavy atom. The van der Waals surface area contributed by atoms with Crippen LogP contribution in [0.4, 0.5) is 0 Å². The Morgan fingerprint density at radius 2 is 1.73 bits per heavy atom. The van der Waals surface area contributed by atoms with Gasteiger partial charge in [-0.15, -0.1) is 0 Å². The average molecular weight is 207 g/mol. The van der Waals surface area contributed by atoms with Gasteiger partial charge in [0.2, 0.25) is 0 Å². The van der Waals surface area contributed by atoms with Crippen LogP contribution in [0.1, 0.15) is 32.4 Å². The van der Waals surface area contributed by atoms with Crippen molar-refractivity contribution in [3.8, 4) is 0 Å². The third-order valence-electron chi connectivity index (χ3n) is 2.82. The lowest BCUT2D eigenvalue weighted by molar-refractivity contribution is 0.167. The van der Waals surface area contributed by atoms with E-state index in [1.54, 1.807) is 0 Å². The molecule has 0 aliphatic heterocycles. The molecular formula is C13H21NO. The van der Waals surface area contributed by atoms with E-state index >= 15 is 0 Å². The zero-order valence-electron chi connectivity index (χ0n) is 9.77. The van der Waals surface area contributed by atoms with Gasteiger partial charge in [-0.25, -0.2) is 0 Å². The molecule has 2 heteroatoms. The molecule has 0 saturated heterocycles. The highest BCUT2D eigenvalue weighted by Crippen LogP contribution is 2.11. The predicted octanol–water partition coefficient (Wildman–Crippen LogP) is 2.35. The van der Waals surface area contributed by atoms with E-state index in [-0.39, 0.29) is 0 Å². The highest BCUT2D eigenvalue weighted by molar-refractivity contribution is 5.17. The summed E-state index contributed by atoms with van der Waals surface area (Å²) >= 11 is 0. The van der Waals surface area contributed by atoms with E-state index in [1.807, 2.05) is 30.3 Å². The van der Waals surface area contributed by atoms with Crippen LogP contribution in [0, 0.1) is 5.92 Å². The van der Waals surface area contributed by atoms with E-state index in [0.717, 1.165) is 5.56 Å². The quantitative estimate of drug-likeness (QED) is 0.777. The molecule has 0 bridgehead atoms. The molecular weight excluding hydrogens is 186 g/mol. The van der Waals surface area contributed by atoms with E-state index in [1.165, 1.54) is 0 Å². The van der Waals surface area contributed by atoms with Crippen LogP contribution in [0.2, 0.25) is 0 Å². The highest BCUT2D eigenvalue weighted by Gasteiger charge is 2.10. The van der Waals surface area contributed by atoms with Crippen LogP contribution >= 0.6 is 0 Å². The third-order valence-corrected chi connectivity index (χ3v) is 2.82. The molecule has 0 heterocycles. The summed E-state index contributed by atoms with van der Waals surface area (Å²) in [7, 11) is 0. The molecule has 2 unspecified atom stereocenters. The summed E-state index contributed by atoms with van der Waals surface area (Å²) in [5.74, 6) is 0.591. The minimum Gasteiger partial charge on any atom is -0.387 e. The molecule has 0 aromatic heterocycles. The Labute approximate surface area is 92.3 Å². The van der Waals surface area contributed by atoms with Gasteiger partial charge >= 0.3 is 0 Å². The minimum atomic E-state index is -0.410. The van der Waals surface area contributed by atoms with E-state index in [2.05, 4.69) is 26.1 Å². The van der Waals surface area contributed by atoms with Crippen LogP contribution in [0.25, 0.3) is 0 Å². The first-order chi connectivity index (χ1) is 7.11.